The van der Waals surface area contributed by atoms with E-state index in [0.29, 0.717) is 25.3 Å². The van der Waals surface area contributed by atoms with Crippen molar-refractivity contribution in [3.63, 3.8) is 0 Å². The van der Waals surface area contributed by atoms with Gasteiger partial charge in [-0.05, 0) is 24.1 Å². The molecule has 0 fully saturated rings. The second-order valence-electron chi connectivity index (χ2n) is 7.94. The van der Waals surface area contributed by atoms with E-state index in [1.807, 2.05) is 54.7 Å². The minimum Gasteiger partial charge on any atom is -0.383 e. The maximum atomic E-state index is 13.5. The lowest BCUT2D eigenvalue weighted by Crippen LogP contribution is -2.48. The molecule has 0 aliphatic carbocycles. The smallest absolute Gasteiger partial charge is 0.254 e. The number of methoxy groups -OCH3 is 1. The van der Waals surface area contributed by atoms with Crippen LogP contribution in [0.3, 0.4) is 0 Å². The summed E-state index contributed by atoms with van der Waals surface area (Å²) in [5.74, 6) is -0.617. The van der Waals surface area contributed by atoms with E-state index in [4.69, 9.17) is 4.74 Å². The Morgan fingerprint density at radius 2 is 1.90 bits per heavy atom. The number of rotatable bonds is 8. The lowest BCUT2D eigenvalue weighted by Gasteiger charge is -2.41. The fourth-order valence-electron chi connectivity index (χ4n) is 4.49. The van der Waals surface area contributed by atoms with E-state index in [0.717, 1.165) is 34.9 Å². The molecule has 3 aromatic rings. The first-order valence-corrected chi connectivity index (χ1v) is 10.9. The van der Waals surface area contributed by atoms with Gasteiger partial charge in [-0.25, -0.2) is 0 Å². The van der Waals surface area contributed by atoms with Gasteiger partial charge in [0.2, 0.25) is 5.91 Å². The average Bonchev–Trinajstić information content (AvgIpc) is 3.22. The van der Waals surface area contributed by atoms with Gasteiger partial charge in [-0.2, -0.15) is 0 Å². The van der Waals surface area contributed by atoms with E-state index in [9.17, 15) is 9.59 Å². The second-order valence-corrected chi connectivity index (χ2v) is 7.94. The Morgan fingerprint density at radius 1 is 1.13 bits per heavy atom. The van der Waals surface area contributed by atoms with Gasteiger partial charge in [-0.1, -0.05) is 49.7 Å². The highest BCUT2D eigenvalue weighted by Crippen LogP contribution is 2.44. The summed E-state index contributed by atoms with van der Waals surface area (Å²) >= 11 is 0. The molecule has 1 aromatic heterocycles. The predicted octanol–water partition coefficient (Wildman–Crippen LogP) is 4.01. The van der Waals surface area contributed by atoms with Gasteiger partial charge in [-0.15, -0.1) is 0 Å². The quantitative estimate of drug-likeness (QED) is 0.542. The number of carbonyl (C=O) groups is 2. The number of hydrogen-bond donors (Lipinski definition) is 2. The van der Waals surface area contributed by atoms with Gasteiger partial charge in [0.15, 0.2) is 0 Å². The number of unbranched alkanes of at least 4 members (excludes halogenated alkanes) is 1. The van der Waals surface area contributed by atoms with Crippen molar-refractivity contribution in [1.29, 1.82) is 0 Å². The summed E-state index contributed by atoms with van der Waals surface area (Å²) in [7, 11) is 1.62. The number of aromatic nitrogens is 1. The molecule has 4 rings (SSSR count). The fourth-order valence-corrected chi connectivity index (χ4v) is 4.49. The second kappa shape index (κ2) is 9.35. The van der Waals surface area contributed by atoms with Gasteiger partial charge in [0.05, 0.1) is 18.6 Å². The molecular weight excluding hydrogens is 390 g/mol. The molecule has 162 valence electrons. The Kier molecular flexibility index (Phi) is 6.37. The van der Waals surface area contributed by atoms with E-state index in [-0.39, 0.29) is 11.8 Å². The summed E-state index contributed by atoms with van der Waals surface area (Å²) in [4.78, 5) is 32.1. The standard InChI is InChI=1S/C25H29N3O3/c1-3-4-13-26-24(29)22-18-10-5-6-11-19(18)25(30)28(14-15-31-2)23(22)20-16-27-21-12-8-7-9-17(20)21/h5-12,16,22-23,27H,3-4,13-15H2,1-2H3,(H,26,29)/t22-,23-/m1/s1. The summed E-state index contributed by atoms with van der Waals surface area (Å²) in [5.41, 5.74) is 3.31. The number of ether oxygens (including phenoxy) is 1. The van der Waals surface area contributed by atoms with Crippen molar-refractivity contribution in [2.75, 3.05) is 26.8 Å². The van der Waals surface area contributed by atoms with Crippen LogP contribution in [0.2, 0.25) is 0 Å². The SMILES string of the molecule is CCCCNC(=O)[C@@H]1c2ccccc2C(=O)N(CCOC)[C@@H]1c1c[nH]c2ccccc12. The highest BCUT2D eigenvalue weighted by Gasteiger charge is 2.44. The molecule has 2 N–H and O–H groups in total. The van der Waals surface area contributed by atoms with Crippen molar-refractivity contribution in [1.82, 2.24) is 15.2 Å². The maximum absolute atomic E-state index is 13.5. The Bertz CT molecular complexity index is 1070. The van der Waals surface area contributed by atoms with Crippen molar-refractivity contribution < 1.29 is 14.3 Å². The third-order valence-corrected chi connectivity index (χ3v) is 6.03. The molecule has 2 amide bonds. The molecular formula is C25H29N3O3. The summed E-state index contributed by atoms with van der Waals surface area (Å²) in [6.45, 7) is 3.53. The number of nitrogens with zero attached hydrogens (tertiary/aromatic N) is 1. The molecule has 0 radical (unpaired) electrons. The fraction of sp³-hybridized carbons (Fsp3) is 0.360. The molecule has 0 spiro atoms. The van der Waals surface area contributed by atoms with Crippen LogP contribution in [0.15, 0.2) is 54.7 Å². The molecule has 6 nitrogen and oxygen atoms in total. The Morgan fingerprint density at radius 3 is 2.71 bits per heavy atom. The van der Waals surface area contributed by atoms with Crippen LogP contribution in [0, 0.1) is 0 Å². The first-order chi connectivity index (χ1) is 15.2. The van der Waals surface area contributed by atoms with E-state index in [1.165, 1.54) is 0 Å². The molecule has 6 heteroatoms. The molecule has 0 saturated heterocycles. The van der Waals surface area contributed by atoms with Crippen LogP contribution in [-0.4, -0.2) is 48.5 Å². The third-order valence-electron chi connectivity index (χ3n) is 6.03. The maximum Gasteiger partial charge on any atom is 0.254 e. The van der Waals surface area contributed by atoms with Gasteiger partial charge in [0.1, 0.15) is 0 Å². The van der Waals surface area contributed by atoms with E-state index >= 15 is 0 Å². The van der Waals surface area contributed by atoms with Crippen molar-refractivity contribution in [3.05, 3.63) is 71.4 Å². The molecule has 1 aliphatic heterocycles. The Balaban J connectivity index is 1.86. The molecule has 0 saturated carbocycles. The highest BCUT2D eigenvalue weighted by atomic mass is 16.5. The van der Waals surface area contributed by atoms with Crippen molar-refractivity contribution in [2.45, 2.75) is 31.7 Å². The normalized spacial score (nSPS) is 18.3. The van der Waals surface area contributed by atoms with Crippen LogP contribution < -0.4 is 5.32 Å². The molecule has 0 unspecified atom stereocenters. The lowest BCUT2D eigenvalue weighted by atomic mass is 9.79. The van der Waals surface area contributed by atoms with Crippen LogP contribution in [0.4, 0.5) is 0 Å². The number of nitrogens with one attached hydrogen (secondary N) is 2. The van der Waals surface area contributed by atoms with Gasteiger partial charge in [0.25, 0.3) is 5.91 Å². The van der Waals surface area contributed by atoms with Crippen molar-refractivity contribution in [3.8, 4) is 0 Å². The minimum absolute atomic E-state index is 0.0499. The zero-order valence-electron chi connectivity index (χ0n) is 18.1. The number of amides is 2. The van der Waals surface area contributed by atoms with Gasteiger partial charge in [-0.3, -0.25) is 9.59 Å². The molecule has 0 bridgehead atoms. The summed E-state index contributed by atoms with van der Waals surface area (Å²) < 4.78 is 5.31. The number of fused-ring (bicyclic) bond motifs is 2. The molecule has 2 atom stereocenters. The van der Waals surface area contributed by atoms with E-state index in [1.54, 1.807) is 12.0 Å². The zero-order chi connectivity index (χ0) is 21.8. The van der Waals surface area contributed by atoms with Crippen LogP contribution >= 0.6 is 0 Å². The predicted molar refractivity (Wildman–Crippen MR) is 121 cm³/mol. The van der Waals surface area contributed by atoms with E-state index < -0.39 is 12.0 Å². The molecule has 31 heavy (non-hydrogen) atoms. The minimum atomic E-state index is -0.498. The van der Waals surface area contributed by atoms with Gasteiger partial charge < -0.3 is 19.9 Å². The molecule has 1 aliphatic rings. The summed E-state index contributed by atoms with van der Waals surface area (Å²) in [5, 5.41) is 4.13. The molecule has 2 heterocycles. The van der Waals surface area contributed by atoms with Crippen LogP contribution in [0.5, 0.6) is 0 Å². The monoisotopic (exact) mass is 419 g/mol. The molecule has 2 aromatic carbocycles. The number of H-pyrrole nitrogens is 1. The Labute approximate surface area is 182 Å². The van der Waals surface area contributed by atoms with Crippen LogP contribution in [-0.2, 0) is 9.53 Å². The van der Waals surface area contributed by atoms with Crippen LogP contribution in [0.25, 0.3) is 10.9 Å². The summed E-state index contributed by atoms with van der Waals surface area (Å²) in [6.07, 6.45) is 3.86. The van der Waals surface area contributed by atoms with Crippen LogP contribution in [0.1, 0.15) is 53.2 Å². The Hall–Kier alpha value is -3.12. The third kappa shape index (κ3) is 3.95. The zero-order valence-corrected chi connectivity index (χ0v) is 18.1. The number of aromatic amines is 1. The summed E-state index contributed by atoms with van der Waals surface area (Å²) in [6, 6.07) is 15.0. The van der Waals surface area contributed by atoms with Gasteiger partial charge in [0, 0.05) is 48.4 Å². The lowest BCUT2D eigenvalue weighted by molar-refractivity contribution is -0.124. The number of hydrogen-bond acceptors (Lipinski definition) is 3. The average molecular weight is 420 g/mol. The van der Waals surface area contributed by atoms with Crippen molar-refractivity contribution in [2.24, 2.45) is 0 Å². The largest absolute Gasteiger partial charge is 0.383 e. The first-order valence-electron chi connectivity index (χ1n) is 10.9. The number of para-hydroxylation sites is 1. The number of benzene rings is 2. The number of carbonyl (C=O) groups excluding carboxylic acids is 2. The first kappa shape index (κ1) is 21.1. The van der Waals surface area contributed by atoms with E-state index in [2.05, 4.69) is 17.2 Å². The van der Waals surface area contributed by atoms with Gasteiger partial charge >= 0.3 is 0 Å². The van der Waals surface area contributed by atoms with Crippen molar-refractivity contribution >= 4 is 22.7 Å². The highest BCUT2D eigenvalue weighted by molar-refractivity contribution is 6.02. The topological polar surface area (TPSA) is 74.4 Å².